The molecular formula is C12H24N2O2. The Hall–Kier alpha value is -0.610. The second-order valence-corrected chi connectivity index (χ2v) is 4.62. The zero-order valence-corrected chi connectivity index (χ0v) is 10.5. The van der Waals surface area contributed by atoms with Gasteiger partial charge in [0.1, 0.15) is 0 Å². The van der Waals surface area contributed by atoms with Gasteiger partial charge in [-0.1, -0.05) is 13.8 Å². The Balaban J connectivity index is 2.21. The molecule has 94 valence electrons. The number of aliphatic hydroxyl groups is 1. The first-order chi connectivity index (χ1) is 7.61. The average Bonchev–Trinajstić information content (AvgIpc) is 2.82. The predicted molar refractivity (Wildman–Crippen MR) is 64.2 cm³/mol. The summed E-state index contributed by atoms with van der Waals surface area (Å²) in [6, 6.07) is 0. The van der Waals surface area contributed by atoms with Crippen LogP contribution >= 0.6 is 0 Å². The Morgan fingerprint density at radius 2 is 1.88 bits per heavy atom. The van der Waals surface area contributed by atoms with Gasteiger partial charge in [0, 0.05) is 19.6 Å². The molecule has 0 aromatic carbocycles. The molecule has 0 aliphatic carbocycles. The quantitative estimate of drug-likeness (QED) is 0.705. The maximum absolute atomic E-state index is 11.7. The van der Waals surface area contributed by atoms with Crippen LogP contribution < -0.4 is 5.32 Å². The van der Waals surface area contributed by atoms with Gasteiger partial charge in [-0.3, -0.25) is 4.79 Å². The number of nitrogens with one attached hydrogen (secondary N) is 1. The highest BCUT2D eigenvalue weighted by molar-refractivity contribution is 5.78. The summed E-state index contributed by atoms with van der Waals surface area (Å²) in [7, 11) is 0. The molecule has 1 saturated heterocycles. The van der Waals surface area contributed by atoms with Crippen LogP contribution in [0.15, 0.2) is 0 Å². The topological polar surface area (TPSA) is 52.6 Å². The van der Waals surface area contributed by atoms with Gasteiger partial charge in [-0.25, -0.2) is 0 Å². The van der Waals surface area contributed by atoms with Gasteiger partial charge in [-0.05, 0) is 25.7 Å². The van der Waals surface area contributed by atoms with Crippen LogP contribution in [0.25, 0.3) is 0 Å². The summed E-state index contributed by atoms with van der Waals surface area (Å²) in [6.07, 6.45) is 3.68. The highest BCUT2D eigenvalue weighted by Crippen LogP contribution is 2.12. The van der Waals surface area contributed by atoms with Crippen molar-refractivity contribution in [3.05, 3.63) is 0 Å². The number of nitrogens with zero attached hydrogens (tertiary/aromatic N) is 1. The zero-order valence-electron chi connectivity index (χ0n) is 10.5. The summed E-state index contributed by atoms with van der Waals surface area (Å²) in [6.45, 7) is 6.57. The van der Waals surface area contributed by atoms with E-state index in [2.05, 4.69) is 5.32 Å². The minimum Gasteiger partial charge on any atom is -0.389 e. The van der Waals surface area contributed by atoms with Gasteiger partial charge in [0.25, 0.3) is 0 Å². The van der Waals surface area contributed by atoms with Crippen LogP contribution in [0.5, 0.6) is 0 Å². The lowest BCUT2D eigenvalue weighted by atomic mass is 9.98. The van der Waals surface area contributed by atoms with Gasteiger partial charge in [0.05, 0.1) is 12.1 Å². The van der Waals surface area contributed by atoms with E-state index in [1.807, 2.05) is 18.7 Å². The van der Waals surface area contributed by atoms with Gasteiger partial charge in [0.15, 0.2) is 0 Å². The summed E-state index contributed by atoms with van der Waals surface area (Å²) in [4.78, 5) is 13.6. The summed E-state index contributed by atoms with van der Waals surface area (Å²) >= 11 is 0. The van der Waals surface area contributed by atoms with Crippen LogP contribution in [-0.4, -0.2) is 47.7 Å². The van der Waals surface area contributed by atoms with Crippen molar-refractivity contribution in [2.75, 3.05) is 26.2 Å². The van der Waals surface area contributed by atoms with Crippen LogP contribution in [0.2, 0.25) is 0 Å². The van der Waals surface area contributed by atoms with Crippen LogP contribution in [-0.2, 0) is 4.79 Å². The lowest BCUT2D eigenvalue weighted by Crippen LogP contribution is -2.44. The van der Waals surface area contributed by atoms with Crippen molar-refractivity contribution < 1.29 is 9.90 Å². The van der Waals surface area contributed by atoms with Gasteiger partial charge < -0.3 is 15.3 Å². The molecule has 1 aliphatic rings. The van der Waals surface area contributed by atoms with Crippen molar-refractivity contribution in [3.63, 3.8) is 0 Å². The lowest BCUT2D eigenvalue weighted by Gasteiger charge is -2.26. The standard InChI is InChI=1S/C12H24N2O2/c1-3-12(16,4-2)10-13-9-11(15)14-7-5-6-8-14/h13,16H,3-10H2,1-2H3. The van der Waals surface area contributed by atoms with Gasteiger partial charge in [-0.2, -0.15) is 0 Å². The fourth-order valence-corrected chi connectivity index (χ4v) is 1.98. The molecule has 0 aromatic rings. The van der Waals surface area contributed by atoms with E-state index in [9.17, 15) is 9.90 Å². The Morgan fingerprint density at radius 1 is 1.31 bits per heavy atom. The molecule has 1 fully saturated rings. The monoisotopic (exact) mass is 228 g/mol. The summed E-state index contributed by atoms with van der Waals surface area (Å²) in [5.74, 6) is 0.159. The van der Waals surface area contributed by atoms with E-state index in [-0.39, 0.29) is 5.91 Å². The highest BCUT2D eigenvalue weighted by Gasteiger charge is 2.23. The number of likely N-dealkylation sites (tertiary alicyclic amines) is 1. The van der Waals surface area contributed by atoms with E-state index in [4.69, 9.17) is 0 Å². The molecule has 1 heterocycles. The SMILES string of the molecule is CCC(O)(CC)CNCC(=O)N1CCCC1. The third-order valence-electron chi connectivity index (χ3n) is 3.51. The molecule has 0 radical (unpaired) electrons. The number of rotatable bonds is 6. The van der Waals surface area contributed by atoms with Crippen LogP contribution in [0.4, 0.5) is 0 Å². The molecule has 2 N–H and O–H groups in total. The zero-order chi connectivity index (χ0) is 12.0. The van der Waals surface area contributed by atoms with Gasteiger partial charge >= 0.3 is 0 Å². The Kier molecular flexibility index (Phi) is 5.22. The molecule has 4 nitrogen and oxygen atoms in total. The second-order valence-electron chi connectivity index (χ2n) is 4.62. The fourth-order valence-electron chi connectivity index (χ4n) is 1.98. The van der Waals surface area contributed by atoms with E-state index in [0.717, 1.165) is 25.9 Å². The number of carbonyl (C=O) groups is 1. The van der Waals surface area contributed by atoms with Crippen molar-refractivity contribution in [2.24, 2.45) is 0 Å². The molecule has 0 bridgehead atoms. The van der Waals surface area contributed by atoms with Crippen molar-refractivity contribution in [1.82, 2.24) is 10.2 Å². The normalized spacial score (nSPS) is 16.8. The minimum absolute atomic E-state index is 0.159. The minimum atomic E-state index is -0.661. The summed E-state index contributed by atoms with van der Waals surface area (Å²) < 4.78 is 0. The Bertz CT molecular complexity index is 221. The largest absolute Gasteiger partial charge is 0.389 e. The molecule has 1 rings (SSSR count). The number of carbonyl (C=O) groups excluding carboxylic acids is 1. The maximum Gasteiger partial charge on any atom is 0.236 e. The van der Waals surface area contributed by atoms with E-state index in [1.165, 1.54) is 0 Å². The molecule has 0 spiro atoms. The van der Waals surface area contributed by atoms with E-state index < -0.39 is 5.60 Å². The van der Waals surface area contributed by atoms with Crippen molar-refractivity contribution in [2.45, 2.75) is 45.1 Å². The average molecular weight is 228 g/mol. The molecule has 0 saturated carbocycles. The molecule has 0 aromatic heterocycles. The lowest BCUT2D eigenvalue weighted by molar-refractivity contribution is -0.129. The van der Waals surface area contributed by atoms with E-state index in [0.29, 0.717) is 25.9 Å². The fraction of sp³-hybridized carbons (Fsp3) is 0.917. The van der Waals surface area contributed by atoms with Crippen LogP contribution in [0, 0.1) is 0 Å². The van der Waals surface area contributed by atoms with Crippen molar-refractivity contribution in [1.29, 1.82) is 0 Å². The van der Waals surface area contributed by atoms with E-state index in [1.54, 1.807) is 0 Å². The van der Waals surface area contributed by atoms with Gasteiger partial charge in [-0.15, -0.1) is 0 Å². The smallest absolute Gasteiger partial charge is 0.236 e. The maximum atomic E-state index is 11.7. The first-order valence-corrected chi connectivity index (χ1v) is 6.32. The summed E-state index contributed by atoms with van der Waals surface area (Å²) in [5.41, 5.74) is -0.661. The first-order valence-electron chi connectivity index (χ1n) is 6.32. The molecule has 16 heavy (non-hydrogen) atoms. The first kappa shape index (κ1) is 13.5. The highest BCUT2D eigenvalue weighted by atomic mass is 16.3. The molecule has 0 atom stereocenters. The van der Waals surface area contributed by atoms with E-state index >= 15 is 0 Å². The number of amides is 1. The molecule has 4 heteroatoms. The second kappa shape index (κ2) is 6.21. The van der Waals surface area contributed by atoms with Gasteiger partial charge in [0.2, 0.25) is 5.91 Å². The number of hydrogen-bond donors (Lipinski definition) is 2. The summed E-state index contributed by atoms with van der Waals surface area (Å²) in [5, 5.41) is 13.1. The third-order valence-corrected chi connectivity index (χ3v) is 3.51. The van der Waals surface area contributed by atoms with Crippen LogP contribution in [0.1, 0.15) is 39.5 Å². The third kappa shape index (κ3) is 3.76. The molecule has 1 amide bonds. The Labute approximate surface area is 98.0 Å². The van der Waals surface area contributed by atoms with Crippen LogP contribution in [0.3, 0.4) is 0 Å². The van der Waals surface area contributed by atoms with Crippen molar-refractivity contribution >= 4 is 5.91 Å². The molecular weight excluding hydrogens is 204 g/mol. The molecule has 1 aliphatic heterocycles. The predicted octanol–water partition coefficient (Wildman–Crippen LogP) is 0.749. The van der Waals surface area contributed by atoms with Crippen molar-refractivity contribution in [3.8, 4) is 0 Å². The number of hydrogen-bond acceptors (Lipinski definition) is 3. The Morgan fingerprint density at radius 3 is 2.38 bits per heavy atom. The molecule has 0 unspecified atom stereocenters.